The smallest absolute Gasteiger partial charge is 0.323 e. The van der Waals surface area contributed by atoms with Crippen molar-refractivity contribution in [2.24, 2.45) is 0 Å². The predicted octanol–water partition coefficient (Wildman–Crippen LogP) is 1.56. The Hall–Kier alpha value is -2.04. The highest BCUT2D eigenvalue weighted by Crippen LogP contribution is 2.14. The van der Waals surface area contributed by atoms with E-state index < -0.39 is 5.97 Å². The van der Waals surface area contributed by atoms with Gasteiger partial charge in [-0.2, -0.15) is 0 Å². The van der Waals surface area contributed by atoms with Gasteiger partial charge in [-0.25, -0.2) is 0 Å². The number of ether oxygens (including phenoxy) is 1. The van der Waals surface area contributed by atoms with Crippen LogP contribution in [0.25, 0.3) is 0 Å². The average Bonchev–Trinajstić information content (AvgIpc) is 2.36. The highest BCUT2D eigenvalue weighted by Gasteiger charge is 2.12. The Balaban J connectivity index is 2.61. The molecule has 0 aromatic heterocycles. The van der Waals surface area contributed by atoms with Crippen LogP contribution in [0.5, 0.6) is 5.75 Å². The second-order valence-corrected chi connectivity index (χ2v) is 4.32. The molecule has 0 atom stereocenters. The molecule has 0 fully saturated rings. The molecule has 19 heavy (non-hydrogen) atoms. The van der Waals surface area contributed by atoms with E-state index in [1.807, 2.05) is 31.2 Å². The van der Waals surface area contributed by atoms with Crippen molar-refractivity contribution in [3.63, 3.8) is 0 Å². The maximum Gasteiger partial charge on any atom is 0.323 e. The summed E-state index contributed by atoms with van der Waals surface area (Å²) in [6.45, 7) is 2.37. The fourth-order valence-corrected chi connectivity index (χ4v) is 1.57. The van der Waals surface area contributed by atoms with Gasteiger partial charge in [0, 0.05) is 7.05 Å². The quantitative estimate of drug-likeness (QED) is 0.812. The molecule has 0 heterocycles. The van der Waals surface area contributed by atoms with Gasteiger partial charge in [-0.05, 0) is 24.1 Å². The fraction of sp³-hybridized carbons (Fsp3) is 0.429. The summed E-state index contributed by atoms with van der Waals surface area (Å²) in [7, 11) is 1.48. The van der Waals surface area contributed by atoms with E-state index in [0.29, 0.717) is 6.61 Å². The lowest BCUT2D eigenvalue weighted by atomic mass is 10.1. The Kier molecular flexibility index (Phi) is 5.85. The third-order valence-corrected chi connectivity index (χ3v) is 2.52. The van der Waals surface area contributed by atoms with Gasteiger partial charge < -0.3 is 14.7 Å². The van der Waals surface area contributed by atoms with E-state index in [2.05, 4.69) is 0 Å². The molecular formula is C14H19NO4. The van der Waals surface area contributed by atoms with E-state index in [4.69, 9.17) is 9.84 Å². The number of aliphatic carboxylic acids is 1. The molecule has 0 saturated carbocycles. The molecule has 1 amide bonds. The second kappa shape index (κ2) is 7.41. The number of carboxylic acid groups (broad SMARTS) is 1. The third kappa shape index (κ3) is 5.42. The van der Waals surface area contributed by atoms with E-state index in [0.717, 1.165) is 17.7 Å². The average molecular weight is 265 g/mol. The summed E-state index contributed by atoms with van der Waals surface area (Å²) in [5, 5.41) is 8.63. The summed E-state index contributed by atoms with van der Waals surface area (Å²) in [5.41, 5.74) is 0.816. The molecule has 0 aliphatic heterocycles. The predicted molar refractivity (Wildman–Crippen MR) is 71.2 cm³/mol. The van der Waals surface area contributed by atoms with Gasteiger partial charge >= 0.3 is 5.97 Å². The van der Waals surface area contributed by atoms with Crippen molar-refractivity contribution >= 4 is 11.9 Å². The molecule has 5 heteroatoms. The summed E-state index contributed by atoms with van der Waals surface area (Å²) in [4.78, 5) is 23.5. The van der Waals surface area contributed by atoms with Gasteiger partial charge in [-0.3, -0.25) is 9.59 Å². The number of carboxylic acids is 1. The Morgan fingerprint density at radius 2 is 2.11 bits per heavy atom. The standard InChI is InChI=1S/C14H19NO4/c1-3-7-19-12-6-4-5-11(8-12)9-13(16)15(2)10-14(17)18/h4-6,8H,3,7,9-10H2,1-2H3,(H,17,18). The molecular weight excluding hydrogens is 246 g/mol. The number of hydrogen-bond acceptors (Lipinski definition) is 3. The molecule has 1 rings (SSSR count). The summed E-state index contributed by atoms with van der Waals surface area (Å²) >= 11 is 0. The zero-order valence-electron chi connectivity index (χ0n) is 11.3. The first kappa shape index (κ1) is 15.0. The lowest BCUT2D eigenvalue weighted by Gasteiger charge is -2.14. The van der Waals surface area contributed by atoms with Gasteiger partial charge in [0.15, 0.2) is 0 Å². The van der Waals surface area contributed by atoms with Crippen LogP contribution in [-0.2, 0) is 16.0 Å². The highest BCUT2D eigenvalue weighted by atomic mass is 16.5. The molecule has 0 bridgehead atoms. The van der Waals surface area contributed by atoms with Crippen molar-refractivity contribution in [1.29, 1.82) is 0 Å². The normalized spacial score (nSPS) is 10.0. The first-order valence-electron chi connectivity index (χ1n) is 6.20. The monoisotopic (exact) mass is 265 g/mol. The van der Waals surface area contributed by atoms with E-state index in [-0.39, 0.29) is 18.9 Å². The number of carbonyl (C=O) groups excluding carboxylic acids is 1. The topological polar surface area (TPSA) is 66.8 Å². The van der Waals surface area contributed by atoms with Crippen molar-refractivity contribution in [2.45, 2.75) is 19.8 Å². The van der Waals surface area contributed by atoms with E-state index in [1.54, 1.807) is 0 Å². The van der Waals surface area contributed by atoms with Crippen LogP contribution >= 0.6 is 0 Å². The number of benzene rings is 1. The molecule has 1 N–H and O–H groups in total. The fourth-order valence-electron chi connectivity index (χ4n) is 1.57. The molecule has 1 aromatic carbocycles. The molecule has 104 valence electrons. The Labute approximate surface area is 112 Å². The van der Waals surface area contributed by atoms with Crippen molar-refractivity contribution in [1.82, 2.24) is 4.90 Å². The Bertz CT molecular complexity index is 445. The van der Waals surface area contributed by atoms with Gasteiger partial charge in [0.2, 0.25) is 5.91 Å². The largest absolute Gasteiger partial charge is 0.494 e. The number of hydrogen-bond donors (Lipinski definition) is 1. The van der Waals surface area contributed by atoms with Gasteiger partial charge in [-0.15, -0.1) is 0 Å². The molecule has 0 saturated heterocycles. The van der Waals surface area contributed by atoms with Crippen molar-refractivity contribution in [3.05, 3.63) is 29.8 Å². The van der Waals surface area contributed by atoms with Crippen molar-refractivity contribution < 1.29 is 19.4 Å². The number of carbonyl (C=O) groups is 2. The molecule has 0 radical (unpaired) electrons. The second-order valence-electron chi connectivity index (χ2n) is 4.32. The molecule has 0 spiro atoms. The highest BCUT2D eigenvalue weighted by molar-refractivity contribution is 5.82. The summed E-state index contributed by atoms with van der Waals surface area (Å²) in [6, 6.07) is 7.29. The van der Waals surface area contributed by atoms with Crippen LogP contribution in [0.3, 0.4) is 0 Å². The molecule has 0 aliphatic rings. The minimum atomic E-state index is -1.02. The molecule has 0 aliphatic carbocycles. The van der Waals surface area contributed by atoms with Crippen LogP contribution in [0.15, 0.2) is 24.3 Å². The van der Waals surface area contributed by atoms with E-state index in [1.165, 1.54) is 11.9 Å². The van der Waals surface area contributed by atoms with Crippen LogP contribution in [0.1, 0.15) is 18.9 Å². The van der Waals surface area contributed by atoms with Gasteiger partial charge in [0.25, 0.3) is 0 Å². The van der Waals surface area contributed by atoms with Crippen molar-refractivity contribution in [3.8, 4) is 5.75 Å². The van der Waals surface area contributed by atoms with Crippen LogP contribution in [0.2, 0.25) is 0 Å². The number of likely N-dealkylation sites (N-methyl/N-ethyl adjacent to an activating group) is 1. The minimum Gasteiger partial charge on any atom is -0.494 e. The first-order chi connectivity index (χ1) is 9.02. The van der Waals surface area contributed by atoms with Gasteiger partial charge in [0.1, 0.15) is 12.3 Å². The zero-order valence-corrected chi connectivity index (χ0v) is 11.3. The number of rotatable bonds is 7. The summed E-state index contributed by atoms with van der Waals surface area (Å²) in [6.07, 6.45) is 1.09. The minimum absolute atomic E-state index is 0.174. The van der Waals surface area contributed by atoms with Gasteiger partial charge in [-0.1, -0.05) is 19.1 Å². The van der Waals surface area contributed by atoms with Crippen LogP contribution in [-0.4, -0.2) is 42.1 Å². The summed E-state index contributed by atoms with van der Waals surface area (Å²) in [5.74, 6) is -0.515. The Morgan fingerprint density at radius 3 is 2.74 bits per heavy atom. The third-order valence-electron chi connectivity index (χ3n) is 2.52. The summed E-state index contributed by atoms with van der Waals surface area (Å²) < 4.78 is 5.48. The van der Waals surface area contributed by atoms with E-state index in [9.17, 15) is 9.59 Å². The number of nitrogens with zero attached hydrogens (tertiary/aromatic N) is 1. The van der Waals surface area contributed by atoms with Crippen LogP contribution in [0, 0.1) is 0 Å². The van der Waals surface area contributed by atoms with Crippen LogP contribution < -0.4 is 4.74 Å². The van der Waals surface area contributed by atoms with Gasteiger partial charge in [0.05, 0.1) is 13.0 Å². The van der Waals surface area contributed by atoms with E-state index >= 15 is 0 Å². The van der Waals surface area contributed by atoms with Crippen LogP contribution in [0.4, 0.5) is 0 Å². The molecule has 5 nitrogen and oxygen atoms in total. The van der Waals surface area contributed by atoms with Crippen molar-refractivity contribution in [2.75, 3.05) is 20.2 Å². The zero-order chi connectivity index (χ0) is 14.3. The Morgan fingerprint density at radius 1 is 1.37 bits per heavy atom. The molecule has 0 unspecified atom stereocenters. The molecule has 1 aromatic rings. The maximum atomic E-state index is 11.8. The lowest BCUT2D eigenvalue weighted by Crippen LogP contribution is -2.33. The SMILES string of the molecule is CCCOc1cccc(CC(=O)N(C)CC(=O)O)c1. The maximum absolute atomic E-state index is 11.8. The lowest BCUT2D eigenvalue weighted by molar-refractivity contribution is -0.143. The first-order valence-corrected chi connectivity index (χ1v) is 6.20. The number of amides is 1.